The minimum atomic E-state index is -4.61. The SMILES string of the molecule is CCS(=O)(=O)c1cc(OCCSC)cnc1-c1nc2cc(C(F)(F)F)ncc2n1C. The van der Waals surface area contributed by atoms with Crippen molar-refractivity contribution in [3.63, 3.8) is 0 Å². The molecule has 0 aliphatic rings. The summed E-state index contributed by atoms with van der Waals surface area (Å²) < 4.78 is 71.3. The number of aromatic nitrogens is 4. The predicted molar refractivity (Wildman–Crippen MR) is 108 cm³/mol. The molecule has 3 aromatic heterocycles. The van der Waals surface area contributed by atoms with Crippen molar-refractivity contribution in [2.45, 2.75) is 18.0 Å². The summed E-state index contributed by atoms with van der Waals surface area (Å²) in [6.45, 7) is 1.88. The minimum absolute atomic E-state index is 0.0387. The average Bonchev–Trinajstić information content (AvgIpc) is 3.03. The molecule has 30 heavy (non-hydrogen) atoms. The molecule has 0 fully saturated rings. The molecule has 0 N–H and O–H groups in total. The lowest BCUT2D eigenvalue weighted by Crippen LogP contribution is -2.10. The van der Waals surface area contributed by atoms with E-state index in [0.717, 1.165) is 18.0 Å². The Balaban J connectivity index is 2.16. The van der Waals surface area contributed by atoms with E-state index in [1.807, 2.05) is 6.26 Å². The van der Waals surface area contributed by atoms with E-state index >= 15 is 0 Å². The highest BCUT2D eigenvalue weighted by atomic mass is 32.2. The first kappa shape index (κ1) is 22.3. The fraction of sp³-hybridized carbons (Fsp3) is 0.389. The molecule has 0 unspecified atom stereocenters. The van der Waals surface area contributed by atoms with E-state index in [2.05, 4.69) is 15.0 Å². The van der Waals surface area contributed by atoms with Gasteiger partial charge in [0.2, 0.25) is 0 Å². The molecule has 0 spiro atoms. The van der Waals surface area contributed by atoms with Crippen molar-refractivity contribution in [1.82, 2.24) is 19.5 Å². The second-order valence-electron chi connectivity index (χ2n) is 6.31. The number of imidazole rings is 1. The van der Waals surface area contributed by atoms with Gasteiger partial charge in [-0.25, -0.2) is 23.4 Å². The second-order valence-corrected chi connectivity index (χ2v) is 9.55. The highest BCUT2D eigenvalue weighted by Gasteiger charge is 2.33. The Morgan fingerprint density at radius 3 is 2.57 bits per heavy atom. The maximum Gasteiger partial charge on any atom is 0.433 e. The van der Waals surface area contributed by atoms with Gasteiger partial charge in [-0.3, -0.25) is 0 Å². The molecule has 3 aromatic rings. The van der Waals surface area contributed by atoms with Crippen LogP contribution >= 0.6 is 11.8 Å². The van der Waals surface area contributed by atoms with Crippen molar-refractivity contribution in [1.29, 1.82) is 0 Å². The van der Waals surface area contributed by atoms with Crippen LogP contribution in [0, 0.1) is 0 Å². The monoisotopic (exact) mass is 460 g/mol. The van der Waals surface area contributed by atoms with Gasteiger partial charge in [-0.2, -0.15) is 24.9 Å². The van der Waals surface area contributed by atoms with Gasteiger partial charge in [-0.1, -0.05) is 6.92 Å². The van der Waals surface area contributed by atoms with Crippen LogP contribution in [0.2, 0.25) is 0 Å². The summed E-state index contributed by atoms with van der Waals surface area (Å²) in [4.78, 5) is 11.8. The Bertz CT molecular complexity index is 1180. The van der Waals surface area contributed by atoms with E-state index in [1.165, 1.54) is 23.8 Å². The molecule has 0 radical (unpaired) electrons. The summed E-state index contributed by atoms with van der Waals surface area (Å²) in [6.07, 6.45) is -0.259. The summed E-state index contributed by atoms with van der Waals surface area (Å²) >= 11 is 1.58. The van der Waals surface area contributed by atoms with Crippen molar-refractivity contribution < 1.29 is 26.3 Å². The number of pyridine rings is 2. The van der Waals surface area contributed by atoms with Crippen LogP contribution in [0.15, 0.2) is 29.4 Å². The van der Waals surface area contributed by atoms with Gasteiger partial charge >= 0.3 is 6.18 Å². The minimum Gasteiger partial charge on any atom is -0.491 e. The standard InChI is InChI=1S/C18H19F3N4O3S2/c1-4-30(26,27)14-7-11(28-5-6-29-3)9-23-16(14)17-24-12-8-15(18(19,20)21)22-10-13(12)25(17)2/h7-10H,4-6H2,1-3H3. The summed E-state index contributed by atoms with van der Waals surface area (Å²) in [7, 11) is -2.15. The van der Waals surface area contributed by atoms with E-state index in [9.17, 15) is 21.6 Å². The largest absolute Gasteiger partial charge is 0.491 e. The van der Waals surface area contributed by atoms with Gasteiger partial charge in [0.15, 0.2) is 15.7 Å². The first-order valence-corrected chi connectivity index (χ1v) is 11.9. The third kappa shape index (κ3) is 4.38. The normalized spacial score (nSPS) is 12.5. The van der Waals surface area contributed by atoms with Gasteiger partial charge in [-0.05, 0) is 12.3 Å². The van der Waals surface area contributed by atoms with Gasteiger partial charge in [-0.15, -0.1) is 0 Å². The highest BCUT2D eigenvalue weighted by molar-refractivity contribution is 7.98. The number of aryl methyl sites for hydroxylation is 1. The molecule has 0 amide bonds. The number of thioether (sulfide) groups is 1. The zero-order valence-electron chi connectivity index (χ0n) is 16.4. The molecule has 0 bridgehead atoms. The molecule has 0 aromatic carbocycles. The van der Waals surface area contributed by atoms with Gasteiger partial charge in [0.05, 0.1) is 35.8 Å². The summed E-state index contributed by atoms with van der Waals surface area (Å²) in [5.41, 5.74) is -0.676. The van der Waals surface area contributed by atoms with Crippen LogP contribution in [0.3, 0.4) is 0 Å². The molecule has 12 heteroatoms. The van der Waals surface area contributed by atoms with Crippen LogP contribution in [0.5, 0.6) is 5.75 Å². The van der Waals surface area contributed by atoms with E-state index in [4.69, 9.17) is 4.74 Å². The van der Waals surface area contributed by atoms with Gasteiger partial charge in [0.25, 0.3) is 0 Å². The highest BCUT2D eigenvalue weighted by Crippen LogP contribution is 2.33. The molecule has 7 nitrogen and oxygen atoms in total. The number of sulfone groups is 1. The van der Waals surface area contributed by atoms with Crippen LogP contribution in [-0.4, -0.2) is 52.3 Å². The molecule has 162 valence electrons. The van der Waals surface area contributed by atoms with E-state index in [-0.39, 0.29) is 27.7 Å². The lowest BCUT2D eigenvalue weighted by Gasteiger charge is -2.11. The Hall–Kier alpha value is -2.34. The first-order chi connectivity index (χ1) is 14.1. The van der Waals surface area contributed by atoms with Crippen molar-refractivity contribution in [3.8, 4) is 17.3 Å². The van der Waals surface area contributed by atoms with E-state index < -0.39 is 21.7 Å². The van der Waals surface area contributed by atoms with Crippen molar-refractivity contribution in [2.24, 2.45) is 7.05 Å². The Kier molecular flexibility index (Phi) is 6.27. The van der Waals surface area contributed by atoms with Crippen molar-refractivity contribution in [3.05, 3.63) is 30.2 Å². The van der Waals surface area contributed by atoms with Crippen molar-refractivity contribution in [2.75, 3.05) is 24.4 Å². The third-order valence-corrected chi connectivity index (χ3v) is 6.68. The lowest BCUT2D eigenvalue weighted by molar-refractivity contribution is -0.141. The first-order valence-electron chi connectivity index (χ1n) is 8.83. The molecule has 3 rings (SSSR count). The van der Waals surface area contributed by atoms with Crippen LogP contribution in [0.1, 0.15) is 12.6 Å². The van der Waals surface area contributed by atoms with Crippen molar-refractivity contribution >= 4 is 32.6 Å². The summed E-state index contributed by atoms with van der Waals surface area (Å²) in [5, 5.41) is 0. The molecule has 0 aliphatic heterocycles. The number of hydrogen-bond acceptors (Lipinski definition) is 7. The topological polar surface area (TPSA) is 87.0 Å². The third-order valence-electron chi connectivity index (χ3n) is 4.37. The maximum atomic E-state index is 13.0. The smallest absolute Gasteiger partial charge is 0.433 e. The quantitative estimate of drug-likeness (QED) is 0.498. The van der Waals surface area contributed by atoms with Crippen LogP contribution < -0.4 is 4.74 Å². The van der Waals surface area contributed by atoms with Gasteiger partial charge in [0.1, 0.15) is 22.0 Å². The molecule has 0 saturated heterocycles. The molecule has 0 saturated carbocycles. The predicted octanol–water partition coefficient (Wildman–Crippen LogP) is 3.58. The average molecular weight is 461 g/mol. The number of alkyl halides is 3. The molecule has 0 aliphatic carbocycles. The number of halogens is 3. The van der Waals surface area contributed by atoms with E-state index in [1.54, 1.807) is 18.8 Å². The fourth-order valence-corrected chi connectivity index (χ4v) is 4.06. The number of rotatable bonds is 7. The Morgan fingerprint density at radius 1 is 1.20 bits per heavy atom. The van der Waals surface area contributed by atoms with Crippen LogP contribution in [0.4, 0.5) is 13.2 Å². The lowest BCUT2D eigenvalue weighted by atomic mass is 10.3. The molecule has 0 atom stereocenters. The molecular formula is C18H19F3N4O3S2. The van der Waals surface area contributed by atoms with Crippen LogP contribution in [-0.2, 0) is 23.1 Å². The number of fused-ring (bicyclic) bond motifs is 1. The fourth-order valence-electron chi connectivity index (χ4n) is 2.76. The number of ether oxygens (including phenoxy) is 1. The maximum absolute atomic E-state index is 13.0. The van der Waals surface area contributed by atoms with Crippen LogP contribution in [0.25, 0.3) is 22.6 Å². The summed E-state index contributed by atoms with van der Waals surface area (Å²) in [5.74, 6) is 0.949. The Labute approximate surface area is 175 Å². The number of hydrogen-bond donors (Lipinski definition) is 0. The summed E-state index contributed by atoms with van der Waals surface area (Å²) in [6, 6.07) is 2.20. The van der Waals surface area contributed by atoms with Gasteiger partial charge < -0.3 is 9.30 Å². The van der Waals surface area contributed by atoms with E-state index in [0.29, 0.717) is 17.9 Å². The zero-order valence-corrected chi connectivity index (χ0v) is 18.0. The Morgan fingerprint density at radius 2 is 1.93 bits per heavy atom. The molecular weight excluding hydrogens is 441 g/mol. The second kappa shape index (κ2) is 8.42. The zero-order chi connectivity index (χ0) is 22.1. The number of nitrogens with zero attached hydrogens (tertiary/aromatic N) is 4. The molecule has 3 heterocycles. The van der Waals surface area contributed by atoms with Gasteiger partial charge in [0, 0.05) is 18.9 Å².